The van der Waals surface area contributed by atoms with Gasteiger partial charge in [0.1, 0.15) is 28.9 Å². The number of thiazole rings is 1. The summed E-state index contributed by atoms with van der Waals surface area (Å²) in [4.78, 5) is 60.1. The second-order valence-corrected chi connectivity index (χ2v) is 12.5. The number of carboxylic acids is 1. The summed E-state index contributed by atoms with van der Waals surface area (Å²) in [6, 6.07) is -0.975. The van der Waals surface area contributed by atoms with Crippen molar-refractivity contribution in [2.24, 2.45) is 5.16 Å². The highest BCUT2D eigenvalue weighted by Crippen LogP contribution is 2.41. The molecule has 226 valence electrons. The van der Waals surface area contributed by atoms with Gasteiger partial charge in [-0.2, -0.15) is 0 Å². The van der Waals surface area contributed by atoms with Crippen molar-refractivity contribution in [2.75, 3.05) is 16.8 Å². The highest BCUT2D eigenvalue weighted by Gasteiger charge is 2.54. The number of rotatable bonds is 16. The Hall–Kier alpha value is -3.51. The largest absolute Gasteiger partial charge is 0.477 e. The molecule has 1 fully saturated rings. The van der Waals surface area contributed by atoms with Crippen molar-refractivity contribution in [3.05, 3.63) is 22.3 Å². The Morgan fingerprint density at radius 2 is 2.14 bits per heavy atom. The number of carbonyl (C=O) groups is 4. The molecule has 2 aromatic heterocycles. The monoisotopic (exact) mass is 637 g/mol. The number of thioether (sulfide) groups is 2. The number of hydrogen-bond acceptors (Lipinski definition) is 13. The van der Waals surface area contributed by atoms with Crippen LogP contribution in [0.4, 0.5) is 5.13 Å². The second kappa shape index (κ2) is 14.6. The number of oxime groups is 1. The van der Waals surface area contributed by atoms with Crippen LogP contribution in [0.15, 0.2) is 27.0 Å². The third-order valence-electron chi connectivity index (χ3n) is 6.13. The SMILES string of the molecule is CCCCCCn1nnnc1SCC1=C(C(=O)O)N2C(=O)C(NC(=O)C(=NOC(C)C)c3csc(NC=O)n3)[C@@H]2SC1. The zero-order valence-corrected chi connectivity index (χ0v) is 25.6. The molecule has 1 saturated heterocycles. The lowest BCUT2D eigenvalue weighted by Crippen LogP contribution is -2.71. The van der Waals surface area contributed by atoms with Crippen LogP contribution in [0.3, 0.4) is 0 Å². The first-order valence-corrected chi connectivity index (χ1v) is 16.2. The topological polar surface area (TPSA) is 194 Å². The number of anilines is 1. The predicted molar refractivity (Wildman–Crippen MR) is 157 cm³/mol. The van der Waals surface area contributed by atoms with Crippen LogP contribution >= 0.6 is 34.9 Å². The normalized spacial score (nSPS) is 18.5. The molecule has 2 aromatic rings. The van der Waals surface area contributed by atoms with Gasteiger partial charge in [0.25, 0.3) is 11.8 Å². The van der Waals surface area contributed by atoms with Crippen LogP contribution in [-0.4, -0.2) is 94.1 Å². The Balaban J connectivity index is 1.45. The van der Waals surface area contributed by atoms with E-state index in [9.17, 15) is 24.3 Å². The van der Waals surface area contributed by atoms with Gasteiger partial charge in [-0.05, 0) is 36.3 Å². The summed E-state index contributed by atoms with van der Waals surface area (Å²) in [7, 11) is 0. The lowest BCUT2D eigenvalue weighted by molar-refractivity contribution is -0.150. The summed E-state index contributed by atoms with van der Waals surface area (Å²) < 4.78 is 1.71. The molecule has 3 amide bonds. The van der Waals surface area contributed by atoms with E-state index >= 15 is 0 Å². The van der Waals surface area contributed by atoms with Crippen LogP contribution in [0.5, 0.6) is 0 Å². The number of tetrazole rings is 1. The minimum absolute atomic E-state index is 0.0927. The quantitative estimate of drug-likeness (QED) is 0.0606. The van der Waals surface area contributed by atoms with Gasteiger partial charge in [0.2, 0.25) is 11.6 Å². The molecule has 0 saturated carbocycles. The van der Waals surface area contributed by atoms with Gasteiger partial charge >= 0.3 is 5.97 Å². The van der Waals surface area contributed by atoms with Crippen LogP contribution in [0.25, 0.3) is 0 Å². The maximum atomic E-state index is 13.2. The average Bonchev–Trinajstić information content (AvgIpc) is 3.62. The number of carbonyl (C=O) groups excluding carboxylic acids is 3. The van der Waals surface area contributed by atoms with Crippen molar-refractivity contribution < 1.29 is 29.1 Å². The highest BCUT2D eigenvalue weighted by atomic mass is 32.2. The molecule has 0 aromatic carbocycles. The molecule has 0 aliphatic carbocycles. The summed E-state index contributed by atoms with van der Waals surface area (Å²) in [6.45, 7) is 6.27. The van der Waals surface area contributed by atoms with Crippen molar-refractivity contribution >= 4 is 69.9 Å². The number of nitrogens with one attached hydrogen (secondary N) is 2. The standard InChI is InChI=1S/C24H31N9O6S3/c1-4-5-6-7-8-32-24(28-30-31-32)42-10-14-9-40-21-17(20(36)33(21)18(14)22(37)38)27-19(35)16(29-39-13(2)3)15-11-41-23(26-15)25-12-34/h11-13,17,21H,4-10H2,1-3H3,(H,27,35)(H,37,38)(H,25,26,34)/t17?,21-/m0/s1. The molecule has 0 spiro atoms. The number of β-lactam (4-membered cyclic amide) rings is 1. The van der Waals surface area contributed by atoms with Crippen LogP contribution < -0.4 is 10.6 Å². The van der Waals surface area contributed by atoms with Gasteiger partial charge in [0.05, 0.1) is 0 Å². The van der Waals surface area contributed by atoms with Gasteiger partial charge in [-0.25, -0.2) is 14.5 Å². The van der Waals surface area contributed by atoms with Gasteiger partial charge in [-0.1, -0.05) is 43.1 Å². The summed E-state index contributed by atoms with van der Waals surface area (Å²) in [6.07, 6.45) is 4.39. The molecular formula is C24H31N9O6S3. The number of nitrogens with zero attached hydrogens (tertiary/aromatic N) is 7. The molecule has 4 rings (SSSR count). The maximum Gasteiger partial charge on any atom is 0.352 e. The first-order chi connectivity index (χ1) is 20.2. The molecule has 42 heavy (non-hydrogen) atoms. The maximum absolute atomic E-state index is 13.2. The van der Waals surface area contributed by atoms with E-state index < -0.39 is 29.2 Å². The minimum atomic E-state index is -1.22. The van der Waals surface area contributed by atoms with Crippen LogP contribution in [0, 0.1) is 0 Å². The predicted octanol–water partition coefficient (Wildman–Crippen LogP) is 1.94. The Morgan fingerprint density at radius 1 is 1.33 bits per heavy atom. The van der Waals surface area contributed by atoms with Gasteiger partial charge in [0, 0.05) is 23.4 Å². The number of aliphatic carboxylic acids is 1. The Bertz CT molecular complexity index is 1370. The molecule has 2 aliphatic rings. The number of unbranched alkanes of at least 4 members (excludes halogenated alkanes) is 3. The third kappa shape index (κ3) is 7.27. The number of hydrogen-bond donors (Lipinski definition) is 3. The smallest absolute Gasteiger partial charge is 0.352 e. The zero-order chi connectivity index (χ0) is 30.2. The van der Waals surface area contributed by atoms with Crippen molar-refractivity contribution in [2.45, 2.75) is 75.7 Å². The van der Waals surface area contributed by atoms with E-state index in [0.29, 0.717) is 35.2 Å². The van der Waals surface area contributed by atoms with Crippen molar-refractivity contribution in [1.82, 2.24) is 35.4 Å². The lowest BCUT2D eigenvalue weighted by atomic mass is 10.0. The van der Waals surface area contributed by atoms with E-state index in [-0.39, 0.29) is 28.3 Å². The molecule has 3 N–H and O–H groups in total. The number of fused-ring (bicyclic) bond motifs is 1. The summed E-state index contributed by atoms with van der Waals surface area (Å²) in [5, 5.41) is 32.6. The minimum Gasteiger partial charge on any atom is -0.477 e. The molecule has 18 heteroatoms. The molecule has 1 unspecified atom stereocenters. The molecule has 2 atom stereocenters. The van der Waals surface area contributed by atoms with Crippen LogP contribution in [0.2, 0.25) is 0 Å². The molecule has 2 aliphatic heterocycles. The number of amides is 3. The fraction of sp³-hybridized carbons (Fsp3) is 0.542. The lowest BCUT2D eigenvalue weighted by Gasteiger charge is -2.49. The highest BCUT2D eigenvalue weighted by molar-refractivity contribution is 8.01. The van der Waals surface area contributed by atoms with E-state index in [4.69, 9.17) is 4.84 Å². The Labute approximate surface area is 253 Å². The molecule has 0 bridgehead atoms. The number of carboxylic acid groups (broad SMARTS) is 1. The van der Waals surface area contributed by atoms with Crippen molar-refractivity contribution in [1.29, 1.82) is 0 Å². The van der Waals surface area contributed by atoms with E-state index in [0.717, 1.165) is 37.0 Å². The fourth-order valence-electron chi connectivity index (χ4n) is 4.15. The Morgan fingerprint density at radius 3 is 2.86 bits per heavy atom. The zero-order valence-electron chi connectivity index (χ0n) is 23.2. The fourth-order valence-corrected chi connectivity index (χ4v) is 7.19. The third-order valence-corrected chi connectivity index (χ3v) is 9.29. The summed E-state index contributed by atoms with van der Waals surface area (Å²) >= 11 is 3.77. The van der Waals surface area contributed by atoms with Gasteiger partial charge in [-0.15, -0.1) is 28.2 Å². The molecule has 0 radical (unpaired) electrons. The average molecular weight is 638 g/mol. The number of aryl methyl sites for hydroxylation is 1. The molecular weight excluding hydrogens is 607 g/mol. The molecule has 4 heterocycles. The van der Waals surface area contributed by atoms with Crippen LogP contribution in [0.1, 0.15) is 52.1 Å². The molecule has 15 nitrogen and oxygen atoms in total. The van der Waals surface area contributed by atoms with Crippen LogP contribution in [-0.2, 0) is 30.6 Å². The summed E-state index contributed by atoms with van der Waals surface area (Å²) in [5.41, 5.74) is 0.451. The Kier molecular flexibility index (Phi) is 10.9. The van der Waals surface area contributed by atoms with Gasteiger partial charge in [-0.3, -0.25) is 19.3 Å². The van der Waals surface area contributed by atoms with Gasteiger partial charge in [0.15, 0.2) is 10.8 Å². The van der Waals surface area contributed by atoms with E-state index in [1.54, 1.807) is 18.5 Å². The van der Waals surface area contributed by atoms with E-state index in [2.05, 4.69) is 43.2 Å². The van der Waals surface area contributed by atoms with Gasteiger partial charge < -0.3 is 20.6 Å². The second-order valence-electron chi connectivity index (χ2n) is 9.55. The summed E-state index contributed by atoms with van der Waals surface area (Å²) in [5.74, 6) is -1.85. The van der Waals surface area contributed by atoms with Crippen molar-refractivity contribution in [3.63, 3.8) is 0 Å². The first-order valence-electron chi connectivity index (χ1n) is 13.2. The first kappa shape index (κ1) is 31.4. The number of aromatic nitrogens is 5. The van der Waals surface area contributed by atoms with E-state index in [1.807, 2.05) is 0 Å². The van der Waals surface area contributed by atoms with E-state index in [1.165, 1.54) is 33.8 Å². The van der Waals surface area contributed by atoms with Crippen molar-refractivity contribution in [3.8, 4) is 0 Å².